The largest absolute Gasteiger partial charge is 0.480 e. The maximum absolute atomic E-state index is 10.4. The molecule has 5 heteroatoms. The number of aliphatic carboxylic acids is 1. The number of carboxylic acid groups (broad SMARTS) is 2. The van der Waals surface area contributed by atoms with E-state index in [-0.39, 0.29) is 5.92 Å². The average molecular weight is 175 g/mol. The second-order valence-corrected chi connectivity index (χ2v) is 2.97. The minimum Gasteiger partial charge on any atom is -0.480 e. The van der Waals surface area contributed by atoms with Gasteiger partial charge in [0.25, 0.3) is 0 Å². The number of nitrogens with one attached hydrogen (secondary N) is 1. The van der Waals surface area contributed by atoms with Crippen molar-refractivity contribution in [1.29, 1.82) is 0 Å². The molecule has 0 saturated carbocycles. The topological polar surface area (TPSA) is 86.6 Å². The van der Waals surface area contributed by atoms with Gasteiger partial charge in [-0.1, -0.05) is 13.8 Å². The van der Waals surface area contributed by atoms with Gasteiger partial charge >= 0.3 is 12.1 Å². The van der Waals surface area contributed by atoms with E-state index in [0.29, 0.717) is 6.42 Å². The fraction of sp³-hybridized carbons (Fsp3) is 0.714. The van der Waals surface area contributed by atoms with Crippen molar-refractivity contribution in [2.24, 2.45) is 5.92 Å². The summed E-state index contributed by atoms with van der Waals surface area (Å²) < 4.78 is 0. The van der Waals surface area contributed by atoms with Gasteiger partial charge in [-0.05, 0) is 12.3 Å². The smallest absolute Gasteiger partial charge is 0.405 e. The molecule has 0 rings (SSSR count). The summed E-state index contributed by atoms with van der Waals surface area (Å²) in [7, 11) is 0. The fourth-order valence-electron chi connectivity index (χ4n) is 0.842. The first kappa shape index (κ1) is 10.7. The molecule has 0 aliphatic rings. The molecule has 0 aromatic heterocycles. The summed E-state index contributed by atoms with van der Waals surface area (Å²) in [5.41, 5.74) is 0. The molecule has 1 amide bonds. The van der Waals surface area contributed by atoms with Gasteiger partial charge in [-0.3, -0.25) is 0 Å². The molecule has 0 aliphatic carbocycles. The molecular formula is C7H13NO4. The van der Waals surface area contributed by atoms with E-state index in [1.165, 1.54) is 0 Å². The number of carbonyl (C=O) groups is 2. The SMILES string of the molecule is CC(C)C[C@H](NC(=O)O)C(=O)O. The zero-order valence-electron chi connectivity index (χ0n) is 7.07. The molecule has 0 fully saturated rings. The van der Waals surface area contributed by atoms with Gasteiger partial charge in [-0.2, -0.15) is 0 Å². The molecule has 1 atom stereocenters. The highest BCUT2D eigenvalue weighted by Crippen LogP contribution is 2.04. The highest BCUT2D eigenvalue weighted by molar-refractivity contribution is 5.79. The highest BCUT2D eigenvalue weighted by atomic mass is 16.4. The predicted octanol–water partition coefficient (Wildman–Crippen LogP) is 0.753. The molecule has 0 bridgehead atoms. The first-order valence-electron chi connectivity index (χ1n) is 3.65. The molecule has 0 spiro atoms. The van der Waals surface area contributed by atoms with Crippen LogP contribution in [0.25, 0.3) is 0 Å². The average Bonchev–Trinajstić information content (AvgIpc) is 1.83. The van der Waals surface area contributed by atoms with Crippen LogP contribution in [0.2, 0.25) is 0 Å². The van der Waals surface area contributed by atoms with Crippen molar-refractivity contribution in [1.82, 2.24) is 5.32 Å². The summed E-state index contributed by atoms with van der Waals surface area (Å²) in [6.45, 7) is 3.67. The van der Waals surface area contributed by atoms with Crippen LogP contribution < -0.4 is 5.32 Å². The van der Waals surface area contributed by atoms with Crippen molar-refractivity contribution in [3.63, 3.8) is 0 Å². The van der Waals surface area contributed by atoms with Crippen LogP contribution in [0.4, 0.5) is 4.79 Å². The van der Waals surface area contributed by atoms with E-state index in [0.717, 1.165) is 0 Å². The lowest BCUT2D eigenvalue weighted by atomic mass is 10.0. The molecule has 70 valence electrons. The van der Waals surface area contributed by atoms with E-state index < -0.39 is 18.1 Å². The Hall–Kier alpha value is -1.26. The zero-order valence-corrected chi connectivity index (χ0v) is 7.07. The summed E-state index contributed by atoms with van der Waals surface area (Å²) in [6, 6.07) is -0.998. The Kier molecular flexibility index (Phi) is 4.10. The van der Waals surface area contributed by atoms with Gasteiger partial charge in [0.2, 0.25) is 0 Å². The Morgan fingerprint density at radius 3 is 2.08 bits per heavy atom. The monoisotopic (exact) mass is 175 g/mol. The Morgan fingerprint density at radius 2 is 1.83 bits per heavy atom. The summed E-state index contributed by atoms with van der Waals surface area (Å²) in [5.74, 6) is -0.982. The molecular weight excluding hydrogens is 162 g/mol. The van der Waals surface area contributed by atoms with Crippen molar-refractivity contribution in [3.8, 4) is 0 Å². The third-order valence-electron chi connectivity index (χ3n) is 1.30. The standard InChI is InChI=1S/C7H13NO4/c1-4(2)3-5(6(9)10)8-7(11)12/h4-5,8H,3H2,1-2H3,(H,9,10)(H,11,12)/t5-/m0/s1. The quantitative estimate of drug-likeness (QED) is 0.588. The van der Waals surface area contributed by atoms with E-state index >= 15 is 0 Å². The summed E-state index contributed by atoms with van der Waals surface area (Å²) in [6.07, 6.45) is -0.996. The van der Waals surface area contributed by atoms with E-state index in [1.807, 2.05) is 19.2 Å². The minimum atomic E-state index is -1.30. The van der Waals surface area contributed by atoms with Gasteiger partial charge in [0.1, 0.15) is 6.04 Å². The second kappa shape index (κ2) is 4.58. The Balaban J connectivity index is 4.04. The first-order chi connectivity index (χ1) is 5.43. The summed E-state index contributed by atoms with van der Waals surface area (Å²) in [4.78, 5) is 20.6. The molecule has 0 unspecified atom stereocenters. The number of carboxylic acids is 1. The van der Waals surface area contributed by atoms with Crippen LogP contribution in [-0.4, -0.2) is 28.3 Å². The van der Waals surface area contributed by atoms with Crippen LogP contribution in [0, 0.1) is 5.92 Å². The van der Waals surface area contributed by atoms with E-state index in [9.17, 15) is 9.59 Å². The Bertz CT molecular complexity index is 178. The minimum absolute atomic E-state index is 0.151. The van der Waals surface area contributed by atoms with E-state index in [4.69, 9.17) is 10.2 Å². The van der Waals surface area contributed by atoms with Crippen molar-refractivity contribution in [3.05, 3.63) is 0 Å². The lowest BCUT2D eigenvalue weighted by Gasteiger charge is -2.13. The van der Waals surface area contributed by atoms with Gasteiger partial charge in [0, 0.05) is 0 Å². The first-order valence-corrected chi connectivity index (χ1v) is 3.65. The van der Waals surface area contributed by atoms with Gasteiger partial charge in [0.05, 0.1) is 0 Å². The van der Waals surface area contributed by atoms with E-state index in [1.54, 1.807) is 0 Å². The molecule has 0 aliphatic heterocycles. The van der Waals surface area contributed by atoms with Gasteiger partial charge < -0.3 is 15.5 Å². The Morgan fingerprint density at radius 1 is 1.33 bits per heavy atom. The molecule has 0 radical (unpaired) electrons. The summed E-state index contributed by atoms with van der Waals surface area (Å²) in [5, 5.41) is 18.7. The van der Waals surface area contributed by atoms with Crippen LogP contribution >= 0.6 is 0 Å². The lowest BCUT2D eigenvalue weighted by molar-refractivity contribution is -0.139. The van der Waals surface area contributed by atoms with Crippen LogP contribution in [0.5, 0.6) is 0 Å². The second-order valence-electron chi connectivity index (χ2n) is 2.97. The number of amides is 1. The molecule has 0 aromatic carbocycles. The normalized spacial score (nSPS) is 12.6. The van der Waals surface area contributed by atoms with Gasteiger partial charge in [-0.15, -0.1) is 0 Å². The predicted molar refractivity (Wildman–Crippen MR) is 42.0 cm³/mol. The lowest BCUT2D eigenvalue weighted by Crippen LogP contribution is -2.40. The van der Waals surface area contributed by atoms with E-state index in [2.05, 4.69) is 0 Å². The number of hydrogen-bond donors (Lipinski definition) is 3. The zero-order chi connectivity index (χ0) is 9.72. The molecule has 3 N–H and O–H groups in total. The molecule has 0 heterocycles. The highest BCUT2D eigenvalue weighted by Gasteiger charge is 2.20. The number of rotatable bonds is 4. The molecule has 0 saturated heterocycles. The van der Waals surface area contributed by atoms with Crippen LogP contribution in [0.15, 0.2) is 0 Å². The molecule has 5 nitrogen and oxygen atoms in total. The molecule has 0 aromatic rings. The van der Waals surface area contributed by atoms with Crippen molar-refractivity contribution >= 4 is 12.1 Å². The van der Waals surface area contributed by atoms with Crippen molar-refractivity contribution < 1.29 is 19.8 Å². The molecule has 12 heavy (non-hydrogen) atoms. The van der Waals surface area contributed by atoms with Crippen molar-refractivity contribution in [2.75, 3.05) is 0 Å². The van der Waals surface area contributed by atoms with Gasteiger partial charge in [0.15, 0.2) is 0 Å². The maximum Gasteiger partial charge on any atom is 0.405 e. The number of hydrogen-bond acceptors (Lipinski definition) is 2. The third-order valence-corrected chi connectivity index (χ3v) is 1.30. The Labute approximate surface area is 70.4 Å². The van der Waals surface area contributed by atoms with Crippen LogP contribution in [0.1, 0.15) is 20.3 Å². The summed E-state index contributed by atoms with van der Waals surface area (Å²) >= 11 is 0. The fourth-order valence-corrected chi connectivity index (χ4v) is 0.842. The van der Waals surface area contributed by atoms with Crippen LogP contribution in [0.3, 0.4) is 0 Å². The van der Waals surface area contributed by atoms with Crippen molar-refractivity contribution in [2.45, 2.75) is 26.3 Å². The maximum atomic E-state index is 10.4. The third kappa shape index (κ3) is 4.54. The van der Waals surface area contributed by atoms with Crippen LogP contribution in [-0.2, 0) is 4.79 Å². The van der Waals surface area contributed by atoms with Gasteiger partial charge in [-0.25, -0.2) is 9.59 Å².